The van der Waals surface area contributed by atoms with Gasteiger partial charge in [0.05, 0.1) is 0 Å². The van der Waals surface area contributed by atoms with Gasteiger partial charge in [-0.3, -0.25) is 0 Å². The summed E-state index contributed by atoms with van der Waals surface area (Å²) >= 11 is 0. The van der Waals surface area contributed by atoms with Gasteiger partial charge in [0.2, 0.25) is 0 Å². The van der Waals surface area contributed by atoms with Crippen LogP contribution in [0.5, 0.6) is 0 Å². The van der Waals surface area contributed by atoms with Crippen molar-refractivity contribution >= 4 is 32.3 Å². The lowest BCUT2D eigenvalue weighted by molar-refractivity contribution is 0.607. The maximum absolute atomic E-state index is 2.35. The van der Waals surface area contributed by atoms with Crippen LogP contribution in [0.2, 0.25) is 0 Å². The van der Waals surface area contributed by atoms with Crippen molar-refractivity contribution in [2.45, 2.75) is 104 Å². The number of hydrogen-bond acceptors (Lipinski definition) is 0. The van der Waals surface area contributed by atoms with Crippen LogP contribution in [0.4, 0.5) is 0 Å². The van der Waals surface area contributed by atoms with E-state index in [4.69, 9.17) is 0 Å². The third-order valence-corrected chi connectivity index (χ3v) is 10.1. The van der Waals surface area contributed by atoms with E-state index in [2.05, 4.69) is 123 Å². The molecule has 0 saturated carbocycles. The predicted molar refractivity (Wildman–Crippen MR) is 204 cm³/mol. The molecule has 0 unspecified atom stereocenters. The van der Waals surface area contributed by atoms with Crippen molar-refractivity contribution in [3.8, 4) is 22.3 Å². The number of unbranched alkanes of at least 4 members (excludes halogenated alkanes) is 10. The average Bonchev–Trinajstić information content (AvgIpc) is 3.11. The summed E-state index contributed by atoms with van der Waals surface area (Å²) in [7, 11) is 0. The van der Waals surface area contributed by atoms with Gasteiger partial charge < -0.3 is 0 Å². The fourth-order valence-corrected chi connectivity index (χ4v) is 7.37. The van der Waals surface area contributed by atoms with E-state index in [-0.39, 0.29) is 0 Å². The topological polar surface area (TPSA) is 0 Å². The third-order valence-electron chi connectivity index (χ3n) is 10.1. The SMILES string of the molecule is CCCCCCCCc1ccc(-c2cccc3c2ccc2c4cccc(-c5ccc(CCCCCCCC)cc5)c4ccc32)cc1. The first-order chi connectivity index (χ1) is 22.8. The molecule has 0 heteroatoms. The van der Waals surface area contributed by atoms with Crippen LogP contribution in [0.25, 0.3) is 54.6 Å². The van der Waals surface area contributed by atoms with Crippen LogP contribution in [-0.2, 0) is 12.8 Å². The molecule has 0 N–H and O–H groups in total. The Morgan fingerprint density at radius 3 is 1.07 bits per heavy atom. The third kappa shape index (κ3) is 7.55. The molecule has 0 aliphatic rings. The number of aryl methyl sites for hydroxylation is 2. The van der Waals surface area contributed by atoms with E-state index in [1.165, 1.54) is 156 Å². The second-order valence-electron chi connectivity index (χ2n) is 13.5. The van der Waals surface area contributed by atoms with Crippen molar-refractivity contribution in [3.05, 3.63) is 120 Å². The Balaban J connectivity index is 1.22. The molecule has 0 fully saturated rings. The molecule has 0 saturated heterocycles. The number of hydrogen-bond donors (Lipinski definition) is 0. The van der Waals surface area contributed by atoms with E-state index in [0.29, 0.717) is 0 Å². The quantitative estimate of drug-likeness (QED) is 0.0761. The zero-order chi connectivity index (χ0) is 31.6. The molecule has 236 valence electrons. The summed E-state index contributed by atoms with van der Waals surface area (Å²) in [4.78, 5) is 0. The van der Waals surface area contributed by atoms with Gasteiger partial charge in [0, 0.05) is 0 Å². The highest BCUT2D eigenvalue weighted by Gasteiger charge is 2.11. The molecule has 0 heterocycles. The standard InChI is InChI=1S/C46H52/c1-3-5-7-9-11-13-17-35-23-27-37(28-24-35)39-19-15-21-41-43(39)31-33-46-42-22-16-20-40(44(42)32-34-45(41)46)38-29-25-36(26-30-38)18-14-12-10-8-6-4-2/h15-16,19-34H,3-14,17-18H2,1-2H3. The van der Waals surface area contributed by atoms with Gasteiger partial charge in [-0.25, -0.2) is 0 Å². The molecule has 0 amide bonds. The maximum atomic E-state index is 2.35. The molecule has 0 bridgehead atoms. The zero-order valence-electron chi connectivity index (χ0n) is 28.3. The summed E-state index contributed by atoms with van der Waals surface area (Å²) in [6.07, 6.45) is 18.6. The second kappa shape index (κ2) is 16.1. The minimum Gasteiger partial charge on any atom is -0.0654 e. The number of fused-ring (bicyclic) bond motifs is 5. The lowest BCUT2D eigenvalue weighted by Gasteiger charge is -2.14. The van der Waals surface area contributed by atoms with Gasteiger partial charge in [0.25, 0.3) is 0 Å². The van der Waals surface area contributed by atoms with Crippen molar-refractivity contribution in [1.82, 2.24) is 0 Å². The molecule has 6 rings (SSSR count). The Morgan fingerprint density at radius 1 is 0.304 bits per heavy atom. The Hall–Kier alpha value is -3.90. The molecule has 0 atom stereocenters. The molecule has 0 aliphatic heterocycles. The van der Waals surface area contributed by atoms with E-state index in [9.17, 15) is 0 Å². The first kappa shape index (κ1) is 32.1. The summed E-state index contributed by atoms with van der Waals surface area (Å²) in [6, 6.07) is 41.7. The van der Waals surface area contributed by atoms with Gasteiger partial charge in [-0.15, -0.1) is 0 Å². The van der Waals surface area contributed by atoms with Gasteiger partial charge in [-0.2, -0.15) is 0 Å². The molecule has 0 aromatic heterocycles. The van der Waals surface area contributed by atoms with Crippen LogP contribution in [0.3, 0.4) is 0 Å². The summed E-state index contributed by atoms with van der Waals surface area (Å²) < 4.78 is 0. The van der Waals surface area contributed by atoms with E-state index >= 15 is 0 Å². The summed E-state index contributed by atoms with van der Waals surface area (Å²) in [6.45, 7) is 4.57. The van der Waals surface area contributed by atoms with Crippen LogP contribution in [0, 0.1) is 0 Å². The van der Waals surface area contributed by atoms with Crippen molar-refractivity contribution in [2.75, 3.05) is 0 Å². The molecule has 6 aromatic rings. The molecule has 0 aliphatic carbocycles. The predicted octanol–water partition coefficient (Wildman–Crippen LogP) is 14.3. The smallest absolute Gasteiger partial charge is 0.00987 e. The van der Waals surface area contributed by atoms with Crippen LogP contribution in [-0.4, -0.2) is 0 Å². The van der Waals surface area contributed by atoms with Gasteiger partial charge >= 0.3 is 0 Å². The van der Waals surface area contributed by atoms with Crippen LogP contribution < -0.4 is 0 Å². The highest BCUT2D eigenvalue weighted by molar-refractivity contribution is 6.21. The molecular formula is C46H52. The van der Waals surface area contributed by atoms with Crippen LogP contribution >= 0.6 is 0 Å². The minimum absolute atomic E-state index is 1.19. The molecule has 0 spiro atoms. The maximum Gasteiger partial charge on any atom is -0.00987 e. The highest BCUT2D eigenvalue weighted by Crippen LogP contribution is 2.38. The molecule has 0 radical (unpaired) electrons. The van der Waals surface area contributed by atoms with E-state index in [0.717, 1.165) is 0 Å². The first-order valence-corrected chi connectivity index (χ1v) is 18.3. The Morgan fingerprint density at radius 2 is 0.652 bits per heavy atom. The average molecular weight is 605 g/mol. The normalized spacial score (nSPS) is 11.6. The summed E-state index contributed by atoms with van der Waals surface area (Å²) in [5.41, 5.74) is 8.17. The fraction of sp³-hybridized carbons (Fsp3) is 0.348. The van der Waals surface area contributed by atoms with Gasteiger partial charge in [0.15, 0.2) is 0 Å². The van der Waals surface area contributed by atoms with E-state index in [1.54, 1.807) is 0 Å². The molecule has 46 heavy (non-hydrogen) atoms. The van der Waals surface area contributed by atoms with Crippen LogP contribution in [0.15, 0.2) is 109 Å². The monoisotopic (exact) mass is 604 g/mol. The Labute approximate surface area is 277 Å². The largest absolute Gasteiger partial charge is 0.0654 e. The molecular weight excluding hydrogens is 553 g/mol. The van der Waals surface area contributed by atoms with Gasteiger partial charge in [-0.1, -0.05) is 187 Å². The lowest BCUT2D eigenvalue weighted by Crippen LogP contribution is -1.89. The first-order valence-electron chi connectivity index (χ1n) is 18.3. The summed E-state index contributed by atoms with van der Waals surface area (Å²) in [5, 5.41) is 7.98. The molecule has 6 aromatic carbocycles. The fourth-order valence-electron chi connectivity index (χ4n) is 7.37. The van der Waals surface area contributed by atoms with Crippen molar-refractivity contribution in [2.24, 2.45) is 0 Å². The minimum atomic E-state index is 1.19. The lowest BCUT2D eigenvalue weighted by atomic mass is 9.90. The Kier molecular flexibility index (Phi) is 11.2. The van der Waals surface area contributed by atoms with E-state index < -0.39 is 0 Å². The zero-order valence-corrected chi connectivity index (χ0v) is 28.3. The van der Waals surface area contributed by atoms with Crippen molar-refractivity contribution in [1.29, 1.82) is 0 Å². The number of rotatable bonds is 16. The van der Waals surface area contributed by atoms with Crippen LogP contribution in [0.1, 0.15) is 102 Å². The highest BCUT2D eigenvalue weighted by atomic mass is 14.2. The number of benzene rings is 6. The van der Waals surface area contributed by atoms with Crippen molar-refractivity contribution < 1.29 is 0 Å². The second-order valence-corrected chi connectivity index (χ2v) is 13.5. The van der Waals surface area contributed by atoms with Gasteiger partial charge in [-0.05, 0) is 91.4 Å². The van der Waals surface area contributed by atoms with Crippen molar-refractivity contribution in [3.63, 3.8) is 0 Å². The van der Waals surface area contributed by atoms with Gasteiger partial charge in [0.1, 0.15) is 0 Å². The van der Waals surface area contributed by atoms with E-state index in [1.807, 2.05) is 0 Å². The Bertz CT molecular complexity index is 1700. The molecule has 0 nitrogen and oxygen atoms in total. The summed E-state index contributed by atoms with van der Waals surface area (Å²) in [5.74, 6) is 0.